The molecule has 2 fully saturated rings. The number of pyridine rings is 1. The Kier molecular flexibility index (Phi) is 3.64. The van der Waals surface area contributed by atoms with Crippen LogP contribution < -0.4 is 10.2 Å². The first-order chi connectivity index (χ1) is 9.58. The first-order valence-corrected chi connectivity index (χ1v) is 7.65. The lowest BCUT2D eigenvalue weighted by Crippen LogP contribution is -2.40. The van der Waals surface area contributed by atoms with E-state index in [0.717, 1.165) is 29.9 Å². The van der Waals surface area contributed by atoms with Crippen LogP contribution in [-0.4, -0.2) is 35.6 Å². The van der Waals surface area contributed by atoms with Gasteiger partial charge in [0.05, 0.1) is 9.40 Å². The number of fused-ring (bicyclic) bond motifs is 1. The maximum absolute atomic E-state index is 10.9. The smallest absolute Gasteiger partial charge is 0.291 e. The Bertz CT molecular complexity index is 537. The summed E-state index contributed by atoms with van der Waals surface area (Å²) in [6, 6.07) is 0.521. The lowest BCUT2D eigenvalue weighted by atomic mass is 9.94. The van der Waals surface area contributed by atoms with Gasteiger partial charge >= 0.3 is 0 Å². The van der Waals surface area contributed by atoms with Gasteiger partial charge in [-0.25, -0.2) is 4.98 Å². The quantitative estimate of drug-likeness (QED) is 0.660. The number of anilines is 1. The number of nitrogens with one attached hydrogen (secondary N) is 1. The maximum atomic E-state index is 10.9. The second-order valence-corrected chi connectivity index (χ2v) is 6.32. The van der Waals surface area contributed by atoms with Crippen molar-refractivity contribution in [2.24, 2.45) is 5.92 Å². The molecule has 0 bridgehead atoms. The molecule has 20 heavy (non-hydrogen) atoms. The van der Waals surface area contributed by atoms with E-state index in [2.05, 4.69) is 31.1 Å². The molecular weight excluding hydrogens is 324 g/mol. The molecule has 2 aliphatic rings. The lowest BCUT2D eigenvalue weighted by molar-refractivity contribution is -0.385. The van der Waals surface area contributed by atoms with E-state index >= 15 is 0 Å². The Labute approximate surface area is 125 Å². The van der Waals surface area contributed by atoms with Gasteiger partial charge < -0.3 is 10.2 Å². The number of nitro groups is 1. The molecule has 1 aromatic heterocycles. The van der Waals surface area contributed by atoms with Gasteiger partial charge in [0.2, 0.25) is 0 Å². The normalized spacial score (nSPS) is 25.6. The van der Waals surface area contributed by atoms with Crippen molar-refractivity contribution in [3.8, 4) is 0 Å². The number of aromatic nitrogens is 1. The highest BCUT2D eigenvalue weighted by molar-refractivity contribution is 9.10. The van der Waals surface area contributed by atoms with E-state index in [-0.39, 0.29) is 10.6 Å². The molecular formula is C13H17BrN4O2. The van der Waals surface area contributed by atoms with E-state index < -0.39 is 0 Å². The third-order valence-corrected chi connectivity index (χ3v) is 5.26. The Morgan fingerprint density at radius 2 is 2.35 bits per heavy atom. The second kappa shape index (κ2) is 5.29. The zero-order chi connectivity index (χ0) is 14.3. The summed E-state index contributed by atoms with van der Waals surface area (Å²) in [5.41, 5.74) is 0.707. The Morgan fingerprint density at radius 3 is 3.05 bits per heavy atom. The largest absolute Gasteiger partial charge is 0.354 e. The van der Waals surface area contributed by atoms with E-state index in [1.807, 2.05) is 0 Å². The van der Waals surface area contributed by atoms with Crippen LogP contribution in [0.4, 0.5) is 11.5 Å². The molecule has 0 amide bonds. The molecule has 0 unspecified atom stereocenters. The summed E-state index contributed by atoms with van der Waals surface area (Å²) >= 11 is 3.48. The third-order valence-electron chi connectivity index (χ3n) is 4.31. The predicted molar refractivity (Wildman–Crippen MR) is 80.1 cm³/mol. The van der Waals surface area contributed by atoms with E-state index in [1.54, 1.807) is 6.92 Å². The fourth-order valence-corrected chi connectivity index (χ4v) is 3.74. The summed E-state index contributed by atoms with van der Waals surface area (Å²) in [6.45, 7) is 4.74. The van der Waals surface area contributed by atoms with Gasteiger partial charge in [0.15, 0.2) is 0 Å². The monoisotopic (exact) mass is 340 g/mol. The van der Waals surface area contributed by atoms with Gasteiger partial charge in [-0.2, -0.15) is 0 Å². The molecule has 6 nitrogen and oxygen atoms in total. The number of piperidine rings is 1. The zero-order valence-corrected chi connectivity index (χ0v) is 12.9. The average molecular weight is 341 g/mol. The van der Waals surface area contributed by atoms with Crippen molar-refractivity contribution in [1.82, 2.24) is 10.3 Å². The van der Waals surface area contributed by atoms with Gasteiger partial charge in [-0.3, -0.25) is 10.1 Å². The SMILES string of the molecule is Cc1c([N+](=O)[O-])cnc(N2C[C@@H]3CCCN[C@@H]3C2)c1Br. The molecule has 0 spiro atoms. The van der Waals surface area contributed by atoms with Gasteiger partial charge in [0.1, 0.15) is 12.0 Å². The molecule has 0 aromatic carbocycles. The highest BCUT2D eigenvalue weighted by atomic mass is 79.9. The van der Waals surface area contributed by atoms with Crippen molar-refractivity contribution in [3.63, 3.8) is 0 Å². The van der Waals surface area contributed by atoms with E-state index in [9.17, 15) is 10.1 Å². The van der Waals surface area contributed by atoms with Crippen molar-refractivity contribution in [1.29, 1.82) is 0 Å². The molecule has 2 atom stereocenters. The number of nitrogens with zero attached hydrogens (tertiary/aromatic N) is 3. The molecule has 1 aromatic rings. The van der Waals surface area contributed by atoms with Crippen LogP contribution in [-0.2, 0) is 0 Å². The fourth-order valence-electron chi connectivity index (χ4n) is 3.18. The zero-order valence-electron chi connectivity index (χ0n) is 11.3. The van der Waals surface area contributed by atoms with Gasteiger partial charge in [-0.05, 0) is 48.2 Å². The predicted octanol–water partition coefficient (Wildman–Crippen LogP) is 2.25. The molecule has 0 aliphatic carbocycles. The second-order valence-electron chi connectivity index (χ2n) is 5.53. The summed E-state index contributed by atoms with van der Waals surface area (Å²) in [5.74, 6) is 1.48. The molecule has 108 valence electrons. The van der Waals surface area contributed by atoms with Crippen LogP contribution in [0.2, 0.25) is 0 Å². The van der Waals surface area contributed by atoms with Crippen LogP contribution >= 0.6 is 15.9 Å². The van der Waals surface area contributed by atoms with Crippen molar-refractivity contribution >= 4 is 27.4 Å². The van der Waals surface area contributed by atoms with Gasteiger partial charge in [0.25, 0.3) is 5.69 Å². The lowest BCUT2D eigenvalue weighted by Gasteiger charge is -2.24. The van der Waals surface area contributed by atoms with Crippen LogP contribution in [0.3, 0.4) is 0 Å². The summed E-state index contributed by atoms with van der Waals surface area (Å²) < 4.78 is 0.741. The molecule has 2 saturated heterocycles. The minimum absolute atomic E-state index is 0.0652. The standard InChI is InChI=1S/C13H17BrN4O2/c1-8-11(18(19)20)5-16-13(12(8)14)17-6-9-3-2-4-15-10(9)7-17/h5,9-10,15H,2-4,6-7H2,1H3/t9-,10+/m0/s1. The number of rotatable bonds is 2. The summed E-state index contributed by atoms with van der Waals surface area (Å²) in [5, 5.41) is 14.5. The van der Waals surface area contributed by atoms with Crippen molar-refractivity contribution in [2.45, 2.75) is 25.8 Å². The number of hydrogen-bond donors (Lipinski definition) is 1. The van der Waals surface area contributed by atoms with Crippen LogP contribution in [0, 0.1) is 23.0 Å². The van der Waals surface area contributed by atoms with Crippen molar-refractivity contribution < 1.29 is 4.92 Å². The summed E-state index contributed by atoms with van der Waals surface area (Å²) in [4.78, 5) is 17.1. The highest BCUT2D eigenvalue weighted by Crippen LogP contribution is 2.36. The first kappa shape index (κ1) is 13.8. The molecule has 7 heteroatoms. The average Bonchev–Trinajstić information content (AvgIpc) is 2.84. The number of halogens is 1. The third kappa shape index (κ3) is 2.29. The van der Waals surface area contributed by atoms with E-state index in [4.69, 9.17) is 0 Å². The van der Waals surface area contributed by atoms with E-state index in [0.29, 0.717) is 17.5 Å². The summed E-state index contributed by atoms with van der Waals surface area (Å²) in [6.07, 6.45) is 3.84. The van der Waals surface area contributed by atoms with Crippen molar-refractivity contribution in [3.05, 3.63) is 26.3 Å². The van der Waals surface area contributed by atoms with Gasteiger partial charge in [-0.1, -0.05) is 0 Å². The molecule has 0 radical (unpaired) electrons. The maximum Gasteiger partial charge on any atom is 0.291 e. The molecule has 1 N–H and O–H groups in total. The number of hydrogen-bond acceptors (Lipinski definition) is 5. The topological polar surface area (TPSA) is 71.3 Å². The Morgan fingerprint density at radius 1 is 1.55 bits per heavy atom. The van der Waals surface area contributed by atoms with Crippen LogP contribution in [0.25, 0.3) is 0 Å². The van der Waals surface area contributed by atoms with E-state index in [1.165, 1.54) is 19.0 Å². The fraction of sp³-hybridized carbons (Fsp3) is 0.615. The van der Waals surface area contributed by atoms with Crippen molar-refractivity contribution in [2.75, 3.05) is 24.5 Å². The van der Waals surface area contributed by atoms with Gasteiger partial charge in [-0.15, -0.1) is 0 Å². The molecule has 0 saturated carbocycles. The van der Waals surface area contributed by atoms with Crippen LogP contribution in [0.1, 0.15) is 18.4 Å². The Hall–Kier alpha value is -1.21. The van der Waals surface area contributed by atoms with Crippen LogP contribution in [0.5, 0.6) is 0 Å². The molecule has 2 aliphatic heterocycles. The first-order valence-electron chi connectivity index (χ1n) is 6.85. The minimum Gasteiger partial charge on any atom is -0.354 e. The van der Waals surface area contributed by atoms with Gasteiger partial charge in [0, 0.05) is 24.7 Å². The summed E-state index contributed by atoms with van der Waals surface area (Å²) in [7, 11) is 0. The highest BCUT2D eigenvalue weighted by Gasteiger charge is 2.36. The minimum atomic E-state index is -0.387. The van der Waals surface area contributed by atoms with Crippen LogP contribution in [0.15, 0.2) is 10.7 Å². The Balaban J connectivity index is 1.88. The molecule has 3 rings (SSSR count). The molecule has 3 heterocycles.